The van der Waals surface area contributed by atoms with Crippen LogP contribution in [0.1, 0.15) is 30.1 Å². The van der Waals surface area contributed by atoms with Crippen molar-refractivity contribution in [1.29, 1.82) is 0 Å². The maximum atomic E-state index is 12.2. The zero-order valence-corrected chi connectivity index (χ0v) is 13.2. The Labute approximate surface area is 130 Å². The number of rotatable bonds is 7. The highest BCUT2D eigenvalue weighted by molar-refractivity contribution is 7.89. The maximum Gasteiger partial charge on any atom is 0.274 e. The molecular formula is C14H20N2O5S. The molecule has 0 saturated carbocycles. The summed E-state index contributed by atoms with van der Waals surface area (Å²) in [6.07, 6.45) is 1.75. The molecule has 1 amide bonds. The first kappa shape index (κ1) is 16.9. The molecule has 0 bridgehead atoms. The van der Waals surface area contributed by atoms with E-state index in [1.807, 2.05) is 0 Å². The van der Waals surface area contributed by atoms with Crippen LogP contribution in [0.3, 0.4) is 0 Å². The van der Waals surface area contributed by atoms with Crippen LogP contribution in [-0.2, 0) is 19.6 Å². The largest absolute Gasteiger partial charge is 0.377 e. The van der Waals surface area contributed by atoms with E-state index in [1.165, 1.54) is 24.3 Å². The van der Waals surface area contributed by atoms with E-state index in [4.69, 9.17) is 9.57 Å². The third-order valence-corrected chi connectivity index (χ3v) is 4.70. The van der Waals surface area contributed by atoms with Gasteiger partial charge >= 0.3 is 0 Å². The van der Waals surface area contributed by atoms with E-state index >= 15 is 0 Å². The highest BCUT2D eigenvalue weighted by atomic mass is 32.2. The summed E-state index contributed by atoms with van der Waals surface area (Å²) in [5.41, 5.74) is 2.57. The summed E-state index contributed by atoms with van der Waals surface area (Å²) < 4.78 is 32.2. The molecule has 1 saturated heterocycles. The molecule has 1 aliphatic heterocycles. The Bertz CT molecular complexity index is 594. The average Bonchev–Trinajstić information content (AvgIpc) is 3.04. The van der Waals surface area contributed by atoms with E-state index in [2.05, 4.69) is 10.2 Å². The van der Waals surface area contributed by atoms with Crippen LogP contribution < -0.4 is 10.2 Å². The zero-order valence-electron chi connectivity index (χ0n) is 12.4. The van der Waals surface area contributed by atoms with E-state index in [9.17, 15) is 13.2 Å². The lowest BCUT2D eigenvalue weighted by Gasteiger charge is -2.11. The van der Waals surface area contributed by atoms with E-state index in [1.54, 1.807) is 6.92 Å². The summed E-state index contributed by atoms with van der Waals surface area (Å²) in [6.45, 7) is 3.03. The van der Waals surface area contributed by atoms with Crippen LogP contribution in [0.15, 0.2) is 29.2 Å². The molecule has 0 aromatic heterocycles. The number of benzene rings is 1. The standard InChI is InChI=1S/C14H20N2O5S/c1-2-21-16-14(17)11-5-7-13(8-6-11)22(18,19)15-10-12-4-3-9-20-12/h5-8,12,15H,2-4,9-10H2,1H3,(H,16,17). The maximum absolute atomic E-state index is 12.2. The molecule has 0 aliphatic carbocycles. The first-order chi connectivity index (χ1) is 10.5. The molecule has 1 unspecified atom stereocenters. The van der Waals surface area contributed by atoms with Gasteiger partial charge in [0.1, 0.15) is 0 Å². The van der Waals surface area contributed by atoms with Crippen molar-refractivity contribution in [3.05, 3.63) is 29.8 Å². The first-order valence-corrected chi connectivity index (χ1v) is 8.64. The summed E-state index contributed by atoms with van der Waals surface area (Å²) in [5, 5.41) is 0. The van der Waals surface area contributed by atoms with Gasteiger partial charge in [-0.3, -0.25) is 9.63 Å². The summed E-state index contributed by atoms with van der Waals surface area (Å²) in [4.78, 5) is 16.6. The lowest BCUT2D eigenvalue weighted by Crippen LogP contribution is -2.31. The topological polar surface area (TPSA) is 93.7 Å². The molecule has 7 nitrogen and oxygen atoms in total. The van der Waals surface area contributed by atoms with Gasteiger partial charge in [0.2, 0.25) is 10.0 Å². The van der Waals surface area contributed by atoms with Crippen molar-refractivity contribution in [2.75, 3.05) is 19.8 Å². The van der Waals surface area contributed by atoms with Gasteiger partial charge in [-0.15, -0.1) is 0 Å². The first-order valence-electron chi connectivity index (χ1n) is 7.16. The van der Waals surface area contributed by atoms with Crippen LogP contribution in [-0.4, -0.2) is 40.2 Å². The molecule has 22 heavy (non-hydrogen) atoms. The minimum Gasteiger partial charge on any atom is -0.377 e. The minimum absolute atomic E-state index is 0.0639. The Hall–Kier alpha value is -1.48. The smallest absolute Gasteiger partial charge is 0.274 e. The third-order valence-electron chi connectivity index (χ3n) is 3.26. The highest BCUT2D eigenvalue weighted by Crippen LogP contribution is 2.14. The van der Waals surface area contributed by atoms with Gasteiger partial charge < -0.3 is 4.74 Å². The molecule has 1 aromatic carbocycles. The van der Waals surface area contributed by atoms with Gasteiger partial charge in [-0.05, 0) is 44.0 Å². The number of hydroxylamine groups is 1. The molecule has 0 radical (unpaired) electrons. The average molecular weight is 328 g/mol. The van der Waals surface area contributed by atoms with Crippen molar-refractivity contribution in [2.24, 2.45) is 0 Å². The van der Waals surface area contributed by atoms with Crippen molar-refractivity contribution < 1.29 is 22.8 Å². The molecule has 1 heterocycles. The predicted octanol–water partition coefficient (Wildman–Crippen LogP) is 0.825. The van der Waals surface area contributed by atoms with Crippen molar-refractivity contribution >= 4 is 15.9 Å². The normalized spacial score (nSPS) is 18.3. The van der Waals surface area contributed by atoms with Gasteiger partial charge in [-0.25, -0.2) is 18.6 Å². The fourth-order valence-electron chi connectivity index (χ4n) is 2.07. The van der Waals surface area contributed by atoms with Crippen LogP contribution in [0.2, 0.25) is 0 Å². The second-order valence-corrected chi connectivity index (χ2v) is 6.64. The zero-order chi connectivity index (χ0) is 16.0. The lowest BCUT2D eigenvalue weighted by molar-refractivity contribution is 0.0364. The van der Waals surface area contributed by atoms with Crippen LogP contribution in [0.4, 0.5) is 0 Å². The Morgan fingerprint density at radius 2 is 2.09 bits per heavy atom. The third kappa shape index (κ3) is 4.51. The molecule has 0 spiro atoms. The summed E-state index contributed by atoms with van der Waals surface area (Å²) >= 11 is 0. The number of sulfonamides is 1. The van der Waals surface area contributed by atoms with Crippen molar-refractivity contribution in [1.82, 2.24) is 10.2 Å². The van der Waals surface area contributed by atoms with Crippen LogP contribution in [0.5, 0.6) is 0 Å². The summed E-state index contributed by atoms with van der Waals surface area (Å²) in [6, 6.07) is 5.65. The molecule has 2 rings (SSSR count). The molecule has 1 aromatic rings. The fourth-order valence-corrected chi connectivity index (χ4v) is 3.14. The SMILES string of the molecule is CCONC(=O)c1ccc(S(=O)(=O)NCC2CCCO2)cc1. The van der Waals surface area contributed by atoms with Gasteiger partial charge in [0.25, 0.3) is 5.91 Å². The number of hydrogen-bond acceptors (Lipinski definition) is 5. The minimum atomic E-state index is -3.60. The van der Waals surface area contributed by atoms with E-state index in [0.29, 0.717) is 18.8 Å². The molecule has 1 aliphatic rings. The predicted molar refractivity (Wildman–Crippen MR) is 79.7 cm³/mol. The Morgan fingerprint density at radius 1 is 1.36 bits per heavy atom. The second kappa shape index (κ2) is 7.68. The quantitative estimate of drug-likeness (QED) is 0.723. The molecule has 2 N–H and O–H groups in total. The summed E-state index contributed by atoms with van der Waals surface area (Å²) in [7, 11) is -3.60. The van der Waals surface area contributed by atoms with Gasteiger partial charge in [0.15, 0.2) is 0 Å². The van der Waals surface area contributed by atoms with E-state index in [-0.39, 0.29) is 17.5 Å². The van der Waals surface area contributed by atoms with Gasteiger partial charge in [-0.1, -0.05) is 0 Å². The second-order valence-electron chi connectivity index (χ2n) is 4.88. The summed E-state index contributed by atoms with van der Waals surface area (Å²) in [5.74, 6) is -0.418. The lowest BCUT2D eigenvalue weighted by atomic mass is 10.2. The van der Waals surface area contributed by atoms with Crippen molar-refractivity contribution in [3.63, 3.8) is 0 Å². The van der Waals surface area contributed by atoms with Gasteiger partial charge in [-0.2, -0.15) is 0 Å². The van der Waals surface area contributed by atoms with E-state index < -0.39 is 15.9 Å². The number of nitrogens with one attached hydrogen (secondary N) is 2. The Balaban J connectivity index is 1.97. The van der Waals surface area contributed by atoms with Crippen molar-refractivity contribution in [3.8, 4) is 0 Å². The fraction of sp³-hybridized carbons (Fsp3) is 0.500. The molecule has 8 heteroatoms. The van der Waals surface area contributed by atoms with Crippen LogP contribution in [0.25, 0.3) is 0 Å². The number of ether oxygens (including phenoxy) is 1. The Kier molecular flexibility index (Phi) is 5.90. The monoisotopic (exact) mass is 328 g/mol. The molecule has 1 fully saturated rings. The van der Waals surface area contributed by atoms with E-state index in [0.717, 1.165) is 12.8 Å². The van der Waals surface area contributed by atoms with Crippen LogP contribution in [0, 0.1) is 0 Å². The Morgan fingerprint density at radius 3 is 2.68 bits per heavy atom. The number of carbonyl (C=O) groups is 1. The van der Waals surface area contributed by atoms with Crippen LogP contribution >= 0.6 is 0 Å². The number of carbonyl (C=O) groups excluding carboxylic acids is 1. The molecule has 1 atom stereocenters. The van der Waals surface area contributed by atoms with Crippen molar-refractivity contribution in [2.45, 2.75) is 30.8 Å². The number of hydrogen-bond donors (Lipinski definition) is 2. The van der Waals surface area contributed by atoms with Gasteiger partial charge in [0.05, 0.1) is 17.6 Å². The molecular weight excluding hydrogens is 308 g/mol. The highest BCUT2D eigenvalue weighted by Gasteiger charge is 2.20. The number of amides is 1. The van der Waals surface area contributed by atoms with Gasteiger partial charge in [0, 0.05) is 18.7 Å². The molecule has 122 valence electrons.